The summed E-state index contributed by atoms with van der Waals surface area (Å²) in [5.41, 5.74) is -0.856. The summed E-state index contributed by atoms with van der Waals surface area (Å²) in [6.07, 6.45) is -2.20. The number of ether oxygens (including phenoxy) is 1. The lowest BCUT2D eigenvalue weighted by molar-refractivity contribution is -0.137. The molecule has 0 aliphatic carbocycles. The predicted molar refractivity (Wildman–Crippen MR) is 77.3 cm³/mol. The fraction of sp³-hybridized carbons (Fsp3) is 0.385. The van der Waals surface area contributed by atoms with E-state index in [0.29, 0.717) is 25.5 Å². The van der Waals surface area contributed by atoms with Gasteiger partial charge in [0, 0.05) is 24.3 Å². The molecule has 0 aromatic carbocycles. The first-order chi connectivity index (χ1) is 10.4. The highest BCUT2D eigenvalue weighted by molar-refractivity contribution is 7.09. The Morgan fingerprint density at radius 2 is 2.18 bits per heavy atom. The van der Waals surface area contributed by atoms with E-state index >= 15 is 0 Å². The zero-order valence-corrected chi connectivity index (χ0v) is 12.8. The van der Waals surface area contributed by atoms with Gasteiger partial charge in [0.15, 0.2) is 0 Å². The Hall–Kier alpha value is -1.38. The molecule has 3 rings (SSSR count). The fourth-order valence-corrected chi connectivity index (χ4v) is 3.17. The van der Waals surface area contributed by atoms with Crippen LogP contribution in [0.15, 0.2) is 23.8 Å². The molecule has 1 fully saturated rings. The number of rotatable bonds is 2. The third-order valence-electron chi connectivity index (χ3n) is 3.24. The van der Waals surface area contributed by atoms with Gasteiger partial charge in [0.1, 0.15) is 16.9 Å². The zero-order valence-electron chi connectivity index (χ0n) is 11.2. The molecule has 1 unspecified atom stereocenters. The molecule has 2 aromatic heterocycles. The molecule has 0 saturated carbocycles. The molecule has 1 aliphatic rings. The number of pyridine rings is 1. The van der Waals surface area contributed by atoms with Gasteiger partial charge in [-0.25, -0.2) is 9.97 Å². The van der Waals surface area contributed by atoms with Gasteiger partial charge < -0.3 is 9.64 Å². The first-order valence-electron chi connectivity index (χ1n) is 6.44. The molecule has 0 bridgehead atoms. The van der Waals surface area contributed by atoms with E-state index in [0.717, 1.165) is 17.3 Å². The van der Waals surface area contributed by atoms with Crippen LogP contribution < -0.4 is 4.90 Å². The van der Waals surface area contributed by atoms with Crippen molar-refractivity contribution < 1.29 is 17.9 Å². The van der Waals surface area contributed by atoms with Gasteiger partial charge in [0.05, 0.1) is 23.7 Å². The number of halogens is 4. The van der Waals surface area contributed by atoms with Gasteiger partial charge in [-0.05, 0) is 6.07 Å². The Balaban J connectivity index is 1.82. The van der Waals surface area contributed by atoms with Crippen LogP contribution in [0.25, 0.3) is 0 Å². The number of anilines is 1. The van der Waals surface area contributed by atoms with Crippen molar-refractivity contribution in [2.24, 2.45) is 0 Å². The van der Waals surface area contributed by atoms with E-state index in [4.69, 9.17) is 16.3 Å². The van der Waals surface area contributed by atoms with Crippen LogP contribution in [0, 0.1) is 0 Å². The summed E-state index contributed by atoms with van der Waals surface area (Å²) in [6.45, 7) is 1.40. The molecule has 3 heterocycles. The van der Waals surface area contributed by atoms with Crippen LogP contribution in [-0.4, -0.2) is 29.7 Å². The van der Waals surface area contributed by atoms with E-state index in [1.165, 1.54) is 11.3 Å². The molecule has 0 radical (unpaired) electrons. The van der Waals surface area contributed by atoms with Gasteiger partial charge in [-0.15, -0.1) is 11.3 Å². The highest BCUT2D eigenvalue weighted by Crippen LogP contribution is 2.35. The van der Waals surface area contributed by atoms with Crippen LogP contribution in [0.5, 0.6) is 0 Å². The van der Waals surface area contributed by atoms with Crippen molar-refractivity contribution in [3.63, 3.8) is 0 Å². The van der Waals surface area contributed by atoms with Crippen molar-refractivity contribution in [3.8, 4) is 0 Å². The highest BCUT2D eigenvalue weighted by Gasteiger charge is 2.33. The summed E-state index contributed by atoms with van der Waals surface area (Å²) in [7, 11) is 0. The van der Waals surface area contributed by atoms with Gasteiger partial charge in [-0.2, -0.15) is 13.2 Å². The molecule has 0 amide bonds. The Kier molecular flexibility index (Phi) is 4.24. The second kappa shape index (κ2) is 6.02. The maximum absolute atomic E-state index is 12.7. The third-order valence-corrected chi connectivity index (χ3v) is 4.39. The monoisotopic (exact) mass is 349 g/mol. The Morgan fingerprint density at radius 3 is 2.82 bits per heavy atom. The van der Waals surface area contributed by atoms with E-state index in [1.54, 1.807) is 6.20 Å². The standard InChI is InChI=1S/C13H11ClF3N3OS/c14-9-5-8(13(15,16)17)6-19-11(9)20-2-3-21-10(7-20)12-18-1-4-22-12/h1,4-6,10H,2-3,7H2. The summed E-state index contributed by atoms with van der Waals surface area (Å²) in [5.74, 6) is 0.333. The average molecular weight is 350 g/mol. The topological polar surface area (TPSA) is 38.2 Å². The number of aromatic nitrogens is 2. The lowest BCUT2D eigenvalue weighted by Crippen LogP contribution is -2.39. The first kappa shape index (κ1) is 15.5. The summed E-state index contributed by atoms with van der Waals surface area (Å²) in [5, 5.41) is 2.66. The van der Waals surface area contributed by atoms with Crippen molar-refractivity contribution in [1.29, 1.82) is 0 Å². The minimum Gasteiger partial charge on any atom is -0.367 e. The van der Waals surface area contributed by atoms with Crippen molar-refractivity contribution in [2.45, 2.75) is 12.3 Å². The molecule has 1 saturated heterocycles. The summed E-state index contributed by atoms with van der Waals surface area (Å²) >= 11 is 7.46. The maximum atomic E-state index is 12.7. The zero-order chi connectivity index (χ0) is 15.7. The summed E-state index contributed by atoms with van der Waals surface area (Å²) < 4.78 is 43.6. The second-order valence-corrected chi connectivity index (χ2v) is 6.04. The van der Waals surface area contributed by atoms with E-state index in [-0.39, 0.29) is 11.1 Å². The van der Waals surface area contributed by atoms with Gasteiger partial charge >= 0.3 is 6.18 Å². The average Bonchev–Trinajstić information content (AvgIpc) is 3.00. The van der Waals surface area contributed by atoms with Gasteiger partial charge in [-0.3, -0.25) is 0 Å². The molecule has 1 aliphatic heterocycles. The third kappa shape index (κ3) is 3.18. The van der Waals surface area contributed by atoms with Crippen LogP contribution in [0.3, 0.4) is 0 Å². The number of hydrogen-bond donors (Lipinski definition) is 0. The Labute approximate surface area is 133 Å². The SMILES string of the molecule is FC(F)(F)c1cnc(N2CCOC(c3nccs3)C2)c(Cl)c1. The van der Waals surface area contributed by atoms with E-state index in [1.807, 2.05) is 10.3 Å². The number of nitrogens with zero attached hydrogens (tertiary/aromatic N) is 3. The molecule has 22 heavy (non-hydrogen) atoms. The lowest BCUT2D eigenvalue weighted by atomic mass is 10.2. The van der Waals surface area contributed by atoms with Crippen LogP contribution in [0.4, 0.5) is 19.0 Å². The van der Waals surface area contributed by atoms with Crippen molar-refractivity contribution >= 4 is 28.8 Å². The van der Waals surface area contributed by atoms with Crippen molar-refractivity contribution in [2.75, 3.05) is 24.6 Å². The minimum atomic E-state index is -4.45. The fourth-order valence-electron chi connectivity index (χ4n) is 2.20. The molecular weight excluding hydrogens is 339 g/mol. The highest BCUT2D eigenvalue weighted by atomic mass is 35.5. The van der Waals surface area contributed by atoms with Crippen molar-refractivity contribution in [3.05, 3.63) is 39.4 Å². The molecule has 2 aromatic rings. The number of hydrogen-bond acceptors (Lipinski definition) is 5. The van der Waals surface area contributed by atoms with Crippen LogP contribution in [0.2, 0.25) is 5.02 Å². The molecule has 118 valence electrons. The number of alkyl halides is 3. The minimum absolute atomic E-state index is 0.0189. The van der Waals surface area contributed by atoms with E-state index < -0.39 is 11.7 Å². The normalized spacial score (nSPS) is 19.5. The van der Waals surface area contributed by atoms with Crippen LogP contribution in [-0.2, 0) is 10.9 Å². The molecule has 0 spiro atoms. The molecule has 1 atom stereocenters. The van der Waals surface area contributed by atoms with E-state index in [9.17, 15) is 13.2 Å². The van der Waals surface area contributed by atoms with Gasteiger partial charge in [0.25, 0.3) is 0 Å². The largest absolute Gasteiger partial charge is 0.417 e. The van der Waals surface area contributed by atoms with Crippen LogP contribution >= 0.6 is 22.9 Å². The molecule has 0 N–H and O–H groups in total. The van der Waals surface area contributed by atoms with Gasteiger partial charge in [-0.1, -0.05) is 11.6 Å². The summed E-state index contributed by atoms with van der Waals surface area (Å²) in [4.78, 5) is 9.90. The second-order valence-electron chi connectivity index (χ2n) is 4.70. The van der Waals surface area contributed by atoms with Crippen LogP contribution in [0.1, 0.15) is 16.7 Å². The predicted octanol–water partition coefficient (Wildman–Crippen LogP) is 3.79. The maximum Gasteiger partial charge on any atom is 0.417 e. The first-order valence-corrected chi connectivity index (χ1v) is 7.69. The number of morpholine rings is 1. The lowest BCUT2D eigenvalue weighted by Gasteiger charge is -2.33. The summed E-state index contributed by atoms with van der Waals surface area (Å²) in [6, 6.07) is 0.901. The Morgan fingerprint density at radius 1 is 1.36 bits per heavy atom. The smallest absolute Gasteiger partial charge is 0.367 e. The molecular formula is C13H11ClF3N3OS. The Bertz CT molecular complexity index is 650. The quantitative estimate of drug-likeness (QED) is 0.827. The van der Waals surface area contributed by atoms with Crippen molar-refractivity contribution in [1.82, 2.24) is 9.97 Å². The number of thiazole rings is 1. The molecule has 9 heteroatoms. The van der Waals surface area contributed by atoms with E-state index in [2.05, 4.69) is 9.97 Å². The van der Waals surface area contributed by atoms with Gasteiger partial charge in [0.2, 0.25) is 0 Å². The molecule has 4 nitrogen and oxygen atoms in total.